The van der Waals surface area contributed by atoms with Crippen LogP contribution in [0.25, 0.3) is 0 Å². The summed E-state index contributed by atoms with van der Waals surface area (Å²) in [5.74, 6) is -2.13. The topological polar surface area (TPSA) is 40.6 Å². The maximum atomic E-state index is 14.3. The number of piperidine rings is 1. The van der Waals surface area contributed by atoms with E-state index in [1.165, 1.54) is 10.4 Å². The Hall–Kier alpha value is -1.99. The normalized spacial score (nSPS) is 23.0. The van der Waals surface area contributed by atoms with Crippen molar-refractivity contribution in [2.45, 2.75) is 30.2 Å². The van der Waals surface area contributed by atoms with Gasteiger partial charge < -0.3 is 4.90 Å². The smallest absolute Gasteiger partial charge is 0.270 e. The number of hydrogen-bond donors (Lipinski definition) is 0. The second kappa shape index (κ2) is 6.03. The van der Waals surface area contributed by atoms with E-state index in [0.717, 1.165) is 29.8 Å². The van der Waals surface area contributed by atoms with Crippen LogP contribution in [0.4, 0.5) is 14.5 Å². The molecule has 0 aromatic heterocycles. The van der Waals surface area contributed by atoms with Crippen molar-refractivity contribution >= 4 is 15.7 Å². The van der Waals surface area contributed by atoms with Gasteiger partial charge in [-0.3, -0.25) is 4.31 Å². The van der Waals surface area contributed by atoms with Crippen molar-refractivity contribution < 1.29 is 17.2 Å². The third kappa shape index (κ3) is 2.53. The SMILES string of the molecule is Cc1ccc2c(c1)[C@@H]1CN(C)CC[C@@H]1N2S(=O)(=O)c1c(F)cccc1F. The predicted octanol–water partition coefficient (Wildman–Crippen LogP) is 3.27. The Morgan fingerprint density at radius 3 is 2.50 bits per heavy atom. The Morgan fingerprint density at radius 1 is 1.12 bits per heavy atom. The molecule has 0 radical (unpaired) electrons. The summed E-state index contributed by atoms with van der Waals surface area (Å²) in [5.41, 5.74) is 2.50. The highest BCUT2D eigenvalue weighted by Crippen LogP contribution is 2.47. The molecule has 138 valence electrons. The molecule has 0 aliphatic carbocycles. The summed E-state index contributed by atoms with van der Waals surface area (Å²) >= 11 is 0. The van der Waals surface area contributed by atoms with E-state index in [0.29, 0.717) is 18.7 Å². The van der Waals surface area contributed by atoms with E-state index >= 15 is 0 Å². The highest BCUT2D eigenvalue weighted by atomic mass is 32.2. The van der Waals surface area contributed by atoms with E-state index in [1.54, 1.807) is 6.07 Å². The maximum absolute atomic E-state index is 14.3. The maximum Gasteiger partial charge on any atom is 0.270 e. The van der Waals surface area contributed by atoms with Crippen molar-refractivity contribution in [1.82, 2.24) is 4.90 Å². The van der Waals surface area contributed by atoms with Crippen LogP contribution in [-0.4, -0.2) is 39.5 Å². The van der Waals surface area contributed by atoms with E-state index in [9.17, 15) is 17.2 Å². The number of rotatable bonds is 2. The lowest BCUT2D eigenvalue weighted by Crippen LogP contribution is -2.47. The molecule has 4 rings (SSSR count). The van der Waals surface area contributed by atoms with Gasteiger partial charge in [-0.15, -0.1) is 0 Å². The van der Waals surface area contributed by atoms with Gasteiger partial charge in [0, 0.05) is 12.5 Å². The molecule has 26 heavy (non-hydrogen) atoms. The summed E-state index contributed by atoms with van der Waals surface area (Å²) in [5, 5.41) is 0. The molecule has 7 heteroatoms. The summed E-state index contributed by atoms with van der Waals surface area (Å²) in [6.07, 6.45) is 0.615. The molecule has 0 bridgehead atoms. The first-order chi connectivity index (χ1) is 12.3. The van der Waals surface area contributed by atoms with Crippen molar-refractivity contribution in [3.8, 4) is 0 Å². The van der Waals surface area contributed by atoms with Gasteiger partial charge in [0.05, 0.1) is 11.7 Å². The van der Waals surface area contributed by atoms with Crippen molar-refractivity contribution in [2.75, 3.05) is 24.4 Å². The summed E-state index contributed by atoms with van der Waals surface area (Å²) < 4.78 is 56.4. The molecule has 2 aliphatic heterocycles. The number of halogens is 2. The first-order valence-corrected chi connectivity index (χ1v) is 10.0. The number of hydrogen-bond acceptors (Lipinski definition) is 3. The Morgan fingerprint density at radius 2 is 1.81 bits per heavy atom. The van der Waals surface area contributed by atoms with Gasteiger partial charge in [-0.2, -0.15) is 0 Å². The van der Waals surface area contributed by atoms with Crippen LogP contribution in [-0.2, 0) is 10.0 Å². The molecule has 2 aromatic carbocycles. The minimum absolute atomic E-state index is 0.00624. The van der Waals surface area contributed by atoms with Crippen LogP contribution < -0.4 is 4.31 Å². The Kier molecular flexibility index (Phi) is 4.04. The fourth-order valence-corrected chi connectivity index (χ4v) is 6.03. The first-order valence-electron chi connectivity index (χ1n) is 8.58. The van der Waals surface area contributed by atoms with Crippen molar-refractivity contribution in [2.24, 2.45) is 0 Å². The zero-order valence-electron chi connectivity index (χ0n) is 14.6. The summed E-state index contributed by atoms with van der Waals surface area (Å²) in [6, 6.07) is 8.37. The molecule has 2 aliphatic rings. The molecule has 4 nitrogen and oxygen atoms in total. The zero-order chi connectivity index (χ0) is 18.6. The van der Waals surface area contributed by atoms with Crippen molar-refractivity contribution in [3.05, 3.63) is 59.2 Å². The van der Waals surface area contributed by atoms with Gasteiger partial charge in [0.15, 0.2) is 4.90 Å². The molecular weight excluding hydrogens is 358 g/mol. The first kappa shape index (κ1) is 17.4. The lowest BCUT2D eigenvalue weighted by molar-refractivity contribution is 0.237. The standard InChI is InChI=1S/C19H20F2N2O2S/c1-12-6-7-17-13(10-12)14-11-22(2)9-8-18(14)23(17)26(24,25)19-15(20)4-3-5-16(19)21/h3-7,10,14,18H,8-9,11H2,1-2H3/t14-,18-/m0/s1. The summed E-state index contributed by atoms with van der Waals surface area (Å²) in [6.45, 7) is 3.41. The van der Waals surface area contributed by atoms with Crippen LogP contribution in [0.3, 0.4) is 0 Å². The van der Waals surface area contributed by atoms with E-state index in [1.807, 2.05) is 26.1 Å². The van der Waals surface area contributed by atoms with Gasteiger partial charge in [-0.1, -0.05) is 23.8 Å². The van der Waals surface area contributed by atoms with Crippen LogP contribution in [0, 0.1) is 18.6 Å². The number of sulfonamides is 1. The molecule has 0 spiro atoms. The Balaban J connectivity index is 1.91. The minimum atomic E-state index is -4.35. The fourth-order valence-electron chi connectivity index (χ4n) is 4.17. The van der Waals surface area contributed by atoms with Crippen LogP contribution >= 0.6 is 0 Å². The zero-order valence-corrected chi connectivity index (χ0v) is 15.4. The molecule has 2 atom stereocenters. The van der Waals surface area contributed by atoms with Gasteiger partial charge in [-0.05, 0) is 50.7 Å². The molecule has 2 aromatic rings. The van der Waals surface area contributed by atoms with E-state index < -0.39 is 26.6 Å². The van der Waals surface area contributed by atoms with E-state index in [-0.39, 0.29) is 12.0 Å². The van der Waals surface area contributed by atoms with Crippen LogP contribution in [0.15, 0.2) is 41.3 Å². The Bertz CT molecular complexity index is 957. The largest absolute Gasteiger partial charge is 0.306 e. The van der Waals surface area contributed by atoms with Gasteiger partial charge >= 0.3 is 0 Å². The second-order valence-electron chi connectivity index (χ2n) is 7.14. The Labute approximate surface area is 152 Å². The number of nitrogens with zero attached hydrogens (tertiary/aromatic N) is 2. The van der Waals surface area contributed by atoms with Gasteiger partial charge in [0.1, 0.15) is 11.6 Å². The third-order valence-electron chi connectivity index (χ3n) is 5.34. The number of benzene rings is 2. The number of likely N-dealkylation sites (tertiary alicyclic amines) is 1. The van der Waals surface area contributed by atoms with Gasteiger partial charge in [-0.25, -0.2) is 17.2 Å². The number of anilines is 1. The van der Waals surface area contributed by atoms with Crippen LogP contribution in [0.2, 0.25) is 0 Å². The molecule has 0 saturated carbocycles. The molecular formula is C19H20F2N2O2S. The molecule has 2 heterocycles. The quantitative estimate of drug-likeness (QED) is 0.805. The molecule has 0 unspecified atom stereocenters. The van der Waals surface area contributed by atoms with Crippen molar-refractivity contribution in [3.63, 3.8) is 0 Å². The molecule has 0 N–H and O–H groups in total. The molecule has 1 saturated heterocycles. The predicted molar refractivity (Wildman–Crippen MR) is 95.8 cm³/mol. The monoisotopic (exact) mass is 378 g/mol. The second-order valence-corrected chi connectivity index (χ2v) is 8.89. The summed E-state index contributed by atoms with van der Waals surface area (Å²) in [7, 11) is -2.35. The van der Waals surface area contributed by atoms with E-state index in [2.05, 4.69) is 4.90 Å². The highest BCUT2D eigenvalue weighted by molar-refractivity contribution is 7.93. The lowest BCUT2D eigenvalue weighted by atomic mass is 9.89. The summed E-state index contributed by atoms with van der Waals surface area (Å²) in [4.78, 5) is 1.29. The molecule has 1 fully saturated rings. The number of likely N-dealkylation sites (N-methyl/N-ethyl adjacent to an activating group) is 1. The number of fused-ring (bicyclic) bond motifs is 3. The van der Waals surface area contributed by atoms with Gasteiger partial charge in [0.2, 0.25) is 0 Å². The molecule has 0 amide bonds. The average molecular weight is 378 g/mol. The van der Waals surface area contributed by atoms with E-state index in [4.69, 9.17) is 0 Å². The number of aryl methyl sites for hydroxylation is 1. The fraction of sp³-hybridized carbons (Fsp3) is 0.368. The van der Waals surface area contributed by atoms with Crippen LogP contribution in [0.5, 0.6) is 0 Å². The lowest BCUT2D eigenvalue weighted by Gasteiger charge is -2.36. The minimum Gasteiger partial charge on any atom is -0.306 e. The van der Waals surface area contributed by atoms with Gasteiger partial charge in [0.25, 0.3) is 10.0 Å². The third-order valence-corrected chi connectivity index (χ3v) is 7.23. The van der Waals surface area contributed by atoms with Crippen molar-refractivity contribution in [1.29, 1.82) is 0 Å². The highest BCUT2D eigenvalue weighted by Gasteiger charge is 2.47. The van der Waals surface area contributed by atoms with Crippen LogP contribution in [0.1, 0.15) is 23.5 Å². The average Bonchev–Trinajstić information content (AvgIpc) is 2.88.